The van der Waals surface area contributed by atoms with E-state index in [2.05, 4.69) is 20.3 Å². The van der Waals surface area contributed by atoms with Crippen molar-refractivity contribution >= 4 is 35.3 Å². The fourth-order valence-corrected chi connectivity index (χ4v) is 2.59. The zero-order valence-electron chi connectivity index (χ0n) is 14.5. The Labute approximate surface area is 171 Å². The molecule has 29 heavy (non-hydrogen) atoms. The third-order valence-corrected chi connectivity index (χ3v) is 4.11. The quantitative estimate of drug-likeness (QED) is 0.326. The van der Waals surface area contributed by atoms with Crippen LogP contribution < -0.4 is 0 Å². The molecule has 0 spiro atoms. The molecule has 150 valence electrons. The number of nitrogens with zero attached hydrogens (tertiary/aromatic N) is 5. The fraction of sp³-hybridized carbons (Fsp3) is 0.118. The van der Waals surface area contributed by atoms with Crippen molar-refractivity contribution in [3.05, 3.63) is 63.5 Å². The van der Waals surface area contributed by atoms with Crippen molar-refractivity contribution in [3.8, 4) is 11.5 Å². The van der Waals surface area contributed by atoms with E-state index in [0.29, 0.717) is 0 Å². The smallest absolute Gasteiger partial charge is 0.314 e. The third-order valence-electron chi connectivity index (χ3n) is 3.59. The molecule has 0 atom stereocenters. The van der Waals surface area contributed by atoms with Crippen molar-refractivity contribution in [2.75, 3.05) is 7.05 Å². The van der Waals surface area contributed by atoms with E-state index in [0.717, 1.165) is 17.3 Å². The Kier molecular flexibility index (Phi) is 6.14. The Hall–Kier alpha value is -2.98. The second-order valence-corrected chi connectivity index (χ2v) is 6.34. The molecule has 1 aromatic carbocycles. The molecule has 0 unspecified atom stereocenters. The largest absolute Gasteiger partial charge is 0.415 e. The molecule has 0 aliphatic carbocycles. The maximum atomic E-state index is 14.3. The maximum absolute atomic E-state index is 14.3. The SMILES string of the molecule is CN(/N=C/c1ccc(-c2nnc(C(F)F)o2)cc1F)C(=O)c1cnc(Cl)cc1Cl. The van der Waals surface area contributed by atoms with Gasteiger partial charge in [-0.05, 0) is 24.3 Å². The van der Waals surface area contributed by atoms with E-state index in [1.807, 2.05) is 0 Å². The number of carbonyl (C=O) groups is 1. The number of hydrazone groups is 1. The highest BCUT2D eigenvalue weighted by Crippen LogP contribution is 2.24. The standard InChI is InChI=1S/C17H10Cl2F3N5O2/c1-27(17(28)10-7-23-13(19)5-11(10)18)24-6-9-3-2-8(4-12(9)20)15-25-26-16(29-15)14(21)22/h2-7,14H,1H3/b24-6+. The van der Waals surface area contributed by atoms with E-state index < -0.39 is 24.0 Å². The molecule has 0 N–H and O–H groups in total. The first kappa shape index (κ1) is 20.7. The van der Waals surface area contributed by atoms with E-state index in [4.69, 9.17) is 27.6 Å². The van der Waals surface area contributed by atoms with Crippen LogP contribution in [0.1, 0.15) is 28.2 Å². The lowest BCUT2D eigenvalue weighted by Crippen LogP contribution is -2.22. The highest BCUT2D eigenvalue weighted by molar-refractivity contribution is 6.36. The number of hydrogen-bond donors (Lipinski definition) is 0. The van der Waals surface area contributed by atoms with Gasteiger partial charge in [0.15, 0.2) is 0 Å². The number of rotatable bonds is 5. The number of alkyl halides is 2. The van der Waals surface area contributed by atoms with Crippen LogP contribution in [0.4, 0.5) is 13.2 Å². The molecule has 1 amide bonds. The average molecular weight is 444 g/mol. The van der Waals surface area contributed by atoms with Gasteiger partial charge < -0.3 is 4.42 Å². The van der Waals surface area contributed by atoms with Crippen LogP contribution in [0.2, 0.25) is 10.2 Å². The molecule has 0 bridgehead atoms. The van der Waals surface area contributed by atoms with E-state index >= 15 is 0 Å². The zero-order chi connectivity index (χ0) is 21.1. The van der Waals surface area contributed by atoms with Crippen molar-refractivity contribution in [3.63, 3.8) is 0 Å². The molecule has 3 rings (SSSR count). The lowest BCUT2D eigenvalue weighted by molar-refractivity contribution is 0.0800. The summed E-state index contributed by atoms with van der Waals surface area (Å²) < 4.78 is 44.1. The van der Waals surface area contributed by atoms with E-state index in [1.54, 1.807) is 0 Å². The van der Waals surface area contributed by atoms with Gasteiger partial charge in [-0.1, -0.05) is 23.2 Å². The first-order chi connectivity index (χ1) is 13.8. The van der Waals surface area contributed by atoms with Gasteiger partial charge >= 0.3 is 6.43 Å². The molecule has 0 radical (unpaired) electrons. The van der Waals surface area contributed by atoms with Crippen LogP contribution in [0.5, 0.6) is 0 Å². The number of benzene rings is 1. The lowest BCUT2D eigenvalue weighted by Gasteiger charge is -2.11. The highest BCUT2D eigenvalue weighted by Gasteiger charge is 2.18. The molecule has 12 heteroatoms. The normalized spacial score (nSPS) is 11.4. The maximum Gasteiger partial charge on any atom is 0.314 e. The summed E-state index contributed by atoms with van der Waals surface area (Å²) in [5.74, 6) is -2.44. The molecular formula is C17H10Cl2F3N5O2. The highest BCUT2D eigenvalue weighted by atomic mass is 35.5. The van der Waals surface area contributed by atoms with Gasteiger partial charge in [0.2, 0.25) is 5.89 Å². The van der Waals surface area contributed by atoms with Gasteiger partial charge in [-0.25, -0.2) is 14.4 Å². The number of amides is 1. The third kappa shape index (κ3) is 4.72. The topological polar surface area (TPSA) is 84.5 Å². The Bertz CT molecular complexity index is 1090. The summed E-state index contributed by atoms with van der Waals surface area (Å²) in [6.07, 6.45) is -0.621. The minimum atomic E-state index is -2.93. The molecular weight excluding hydrogens is 434 g/mol. The minimum absolute atomic E-state index is 0.0299. The molecule has 0 fully saturated rings. The number of halogens is 5. The average Bonchev–Trinajstić information content (AvgIpc) is 3.17. The van der Waals surface area contributed by atoms with E-state index in [-0.39, 0.29) is 32.8 Å². The van der Waals surface area contributed by atoms with Gasteiger partial charge in [-0.2, -0.15) is 13.9 Å². The summed E-state index contributed by atoms with van der Waals surface area (Å²) in [4.78, 5) is 16.1. The Balaban J connectivity index is 1.77. The molecule has 0 saturated heterocycles. The summed E-state index contributed by atoms with van der Waals surface area (Å²) in [6, 6.07) is 5.03. The van der Waals surface area contributed by atoms with Crippen LogP contribution >= 0.6 is 23.2 Å². The predicted molar refractivity (Wildman–Crippen MR) is 98.6 cm³/mol. The summed E-state index contributed by atoms with van der Waals surface area (Å²) in [5.41, 5.74) is 0.211. The summed E-state index contributed by atoms with van der Waals surface area (Å²) in [6.45, 7) is 0. The second-order valence-electron chi connectivity index (χ2n) is 5.54. The monoisotopic (exact) mass is 443 g/mol. The van der Waals surface area contributed by atoms with Crippen LogP contribution in [-0.2, 0) is 0 Å². The van der Waals surface area contributed by atoms with Gasteiger partial charge in [0.05, 0.1) is 16.8 Å². The van der Waals surface area contributed by atoms with Crippen molar-refractivity contribution in [1.29, 1.82) is 0 Å². The summed E-state index contributed by atoms with van der Waals surface area (Å²) >= 11 is 11.6. The molecule has 2 aromatic heterocycles. The van der Waals surface area contributed by atoms with Gasteiger partial charge in [0, 0.05) is 24.4 Å². The molecule has 0 aliphatic rings. The van der Waals surface area contributed by atoms with Crippen LogP contribution in [-0.4, -0.2) is 39.4 Å². The summed E-state index contributed by atoms with van der Waals surface area (Å²) in [7, 11) is 1.35. The van der Waals surface area contributed by atoms with Crippen LogP contribution in [0, 0.1) is 5.82 Å². The predicted octanol–water partition coefficient (Wildman–Crippen LogP) is 4.62. The molecule has 3 aromatic rings. The molecule has 7 nitrogen and oxygen atoms in total. The van der Waals surface area contributed by atoms with Gasteiger partial charge in [-0.3, -0.25) is 4.79 Å². The Morgan fingerprint density at radius 3 is 2.66 bits per heavy atom. The number of carbonyl (C=O) groups excluding carboxylic acids is 1. The van der Waals surface area contributed by atoms with Crippen molar-refractivity contribution in [1.82, 2.24) is 20.2 Å². The zero-order valence-corrected chi connectivity index (χ0v) is 16.0. The van der Waals surface area contributed by atoms with Crippen molar-refractivity contribution in [2.45, 2.75) is 6.43 Å². The van der Waals surface area contributed by atoms with Crippen LogP contribution in [0.15, 0.2) is 40.0 Å². The molecule has 2 heterocycles. The number of aromatic nitrogens is 3. The van der Waals surface area contributed by atoms with Gasteiger partial charge in [0.25, 0.3) is 11.8 Å². The van der Waals surface area contributed by atoms with Gasteiger partial charge in [-0.15, -0.1) is 10.2 Å². The first-order valence-electron chi connectivity index (χ1n) is 7.81. The Morgan fingerprint density at radius 1 is 1.28 bits per heavy atom. The van der Waals surface area contributed by atoms with E-state index in [9.17, 15) is 18.0 Å². The number of pyridine rings is 1. The van der Waals surface area contributed by atoms with Crippen molar-refractivity contribution < 1.29 is 22.4 Å². The summed E-state index contributed by atoms with van der Waals surface area (Å²) in [5, 5.41) is 11.7. The minimum Gasteiger partial charge on any atom is -0.415 e. The van der Waals surface area contributed by atoms with Crippen molar-refractivity contribution in [2.24, 2.45) is 5.10 Å². The first-order valence-corrected chi connectivity index (χ1v) is 8.56. The molecule has 0 saturated carbocycles. The van der Waals surface area contributed by atoms with E-state index in [1.165, 1.54) is 31.4 Å². The number of hydrogen-bond acceptors (Lipinski definition) is 6. The van der Waals surface area contributed by atoms with Crippen LogP contribution in [0.3, 0.4) is 0 Å². The Morgan fingerprint density at radius 2 is 2.03 bits per heavy atom. The molecule has 0 aliphatic heterocycles. The lowest BCUT2D eigenvalue weighted by atomic mass is 10.1. The second kappa shape index (κ2) is 8.58. The fourth-order valence-electron chi connectivity index (χ4n) is 2.14. The van der Waals surface area contributed by atoms with Crippen LogP contribution in [0.25, 0.3) is 11.5 Å². The van der Waals surface area contributed by atoms with Gasteiger partial charge in [0.1, 0.15) is 11.0 Å².